The van der Waals surface area contributed by atoms with Gasteiger partial charge < -0.3 is 16.4 Å². The van der Waals surface area contributed by atoms with Crippen LogP contribution < -0.4 is 11.5 Å². The molecule has 4 N–H and O–H groups in total. The highest BCUT2D eigenvalue weighted by atomic mass is 19.1. The lowest BCUT2D eigenvalue weighted by Gasteiger charge is -2.25. The maximum absolute atomic E-state index is 13.6. The average Bonchev–Trinajstić information content (AvgIpc) is 2.31. The number of nitrogens with zero attached hydrogens (tertiary/aromatic N) is 1. The molecule has 0 bridgehead atoms. The minimum Gasteiger partial charge on any atom is -0.398 e. The van der Waals surface area contributed by atoms with Crippen molar-refractivity contribution in [2.75, 3.05) is 12.3 Å². The van der Waals surface area contributed by atoms with E-state index in [2.05, 4.69) is 0 Å². The number of anilines is 1. The van der Waals surface area contributed by atoms with Crippen LogP contribution >= 0.6 is 0 Å². The molecule has 5 nitrogen and oxygen atoms in total. The number of primary amides is 1. The Hall–Kier alpha value is -2.11. The Balaban J connectivity index is 3.13. The highest BCUT2D eigenvalue weighted by molar-refractivity contribution is 5.97. The van der Waals surface area contributed by atoms with Crippen LogP contribution in [0.4, 0.5) is 10.1 Å². The fraction of sp³-hybridized carbons (Fsp3) is 0.385. The fourth-order valence-corrected chi connectivity index (χ4v) is 1.65. The van der Waals surface area contributed by atoms with Gasteiger partial charge >= 0.3 is 0 Å². The number of nitrogen functional groups attached to an aromatic ring is 1. The molecule has 0 spiro atoms. The zero-order valence-electron chi connectivity index (χ0n) is 11.2. The number of carbonyl (C=O) groups excluding carboxylic acids is 2. The van der Waals surface area contributed by atoms with Gasteiger partial charge in [-0.05, 0) is 32.9 Å². The van der Waals surface area contributed by atoms with Crippen LogP contribution in [0.5, 0.6) is 0 Å². The summed E-state index contributed by atoms with van der Waals surface area (Å²) >= 11 is 0. The number of nitrogens with two attached hydrogens (primary N) is 2. The first-order valence-corrected chi connectivity index (χ1v) is 5.89. The van der Waals surface area contributed by atoms with E-state index < -0.39 is 17.6 Å². The van der Waals surface area contributed by atoms with Crippen molar-refractivity contribution in [3.63, 3.8) is 0 Å². The summed E-state index contributed by atoms with van der Waals surface area (Å²) < 4.78 is 13.6. The third-order valence-corrected chi connectivity index (χ3v) is 2.84. The van der Waals surface area contributed by atoms with Crippen molar-refractivity contribution in [2.45, 2.75) is 26.8 Å². The Morgan fingerprint density at radius 3 is 2.37 bits per heavy atom. The van der Waals surface area contributed by atoms with Gasteiger partial charge in [-0.1, -0.05) is 0 Å². The monoisotopic (exact) mass is 267 g/mol. The number of halogens is 1. The molecule has 6 heteroatoms. The van der Waals surface area contributed by atoms with E-state index in [1.54, 1.807) is 13.8 Å². The van der Waals surface area contributed by atoms with Gasteiger partial charge in [-0.15, -0.1) is 0 Å². The summed E-state index contributed by atoms with van der Waals surface area (Å²) in [5.74, 6) is -1.65. The topological polar surface area (TPSA) is 89.4 Å². The lowest BCUT2D eigenvalue weighted by atomic mass is 10.1. The Morgan fingerprint density at radius 1 is 1.37 bits per heavy atom. The molecule has 0 aliphatic rings. The predicted octanol–water partition coefficient (Wildman–Crippen LogP) is 1.05. The summed E-state index contributed by atoms with van der Waals surface area (Å²) in [6.45, 7) is 4.80. The number of carbonyl (C=O) groups is 2. The molecule has 2 amide bonds. The molecular weight excluding hydrogens is 249 g/mol. The highest BCUT2D eigenvalue weighted by Gasteiger charge is 2.22. The maximum Gasteiger partial charge on any atom is 0.254 e. The first-order chi connectivity index (χ1) is 8.73. The summed E-state index contributed by atoms with van der Waals surface area (Å²) in [6.07, 6.45) is 0. The molecule has 0 radical (unpaired) electrons. The normalized spacial score (nSPS) is 10.6. The van der Waals surface area contributed by atoms with Gasteiger partial charge in [0.1, 0.15) is 5.82 Å². The van der Waals surface area contributed by atoms with E-state index in [1.165, 1.54) is 17.9 Å². The van der Waals surface area contributed by atoms with Gasteiger partial charge in [0.2, 0.25) is 5.91 Å². The van der Waals surface area contributed by atoms with Gasteiger partial charge in [0.15, 0.2) is 0 Å². The van der Waals surface area contributed by atoms with Crippen molar-refractivity contribution < 1.29 is 14.0 Å². The molecule has 0 fully saturated rings. The van der Waals surface area contributed by atoms with E-state index in [-0.39, 0.29) is 23.8 Å². The second-order valence-electron chi connectivity index (χ2n) is 4.67. The molecule has 0 aromatic heterocycles. The molecule has 0 aliphatic carbocycles. The number of rotatable bonds is 4. The number of benzene rings is 1. The lowest BCUT2D eigenvalue weighted by molar-refractivity contribution is -0.119. The fourth-order valence-electron chi connectivity index (χ4n) is 1.65. The van der Waals surface area contributed by atoms with Crippen LogP contribution in [0, 0.1) is 12.7 Å². The molecular formula is C13H18FN3O2. The smallest absolute Gasteiger partial charge is 0.254 e. The predicted molar refractivity (Wildman–Crippen MR) is 70.9 cm³/mol. The summed E-state index contributed by atoms with van der Waals surface area (Å²) in [5.41, 5.74) is 11.3. The third kappa shape index (κ3) is 3.43. The molecule has 19 heavy (non-hydrogen) atoms. The van der Waals surface area contributed by atoms with Crippen LogP contribution in [0.15, 0.2) is 12.1 Å². The van der Waals surface area contributed by atoms with E-state index in [0.29, 0.717) is 5.56 Å². The van der Waals surface area contributed by atoms with E-state index in [1.807, 2.05) is 0 Å². The summed E-state index contributed by atoms with van der Waals surface area (Å²) in [5, 5.41) is 0. The van der Waals surface area contributed by atoms with Crippen molar-refractivity contribution in [3.05, 3.63) is 29.1 Å². The zero-order valence-corrected chi connectivity index (χ0v) is 11.2. The molecule has 0 heterocycles. The minimum absolute atomic E-state index is 0.107. The molecule has 1 aromatic carbocycles. The first-order valence-electron chi connectivity index (χ1n) is 5.89. The van der Waals surface area contributed by atoms with Crippen LogP contribution in [0.1, 0.15) is 29.8 Å². The average molecular weight is 267 g/mol. The molecule has 0 atom stereocenters. The number of hydrogen-bond acceptors (Lipinski definition) is 3. The Kier molecular flexibility index (Phi) is 4.47. The van der Waals surface area contributed by atoms with Gasteiger partial charge in [-0.25, -0.2) is 4.39 Å². The number of amides is 2. The zero-order chi connectivity index (χ0) is 14.7. The molecule has 1 rings (SSSR count). The third-order valence-electron chi connectivity index (χ3n) is 2.84. The maximum atomic E-state index is 13.6. The van der Waals surface area contributed by atoms with Gasteiger partial charge in [0, 0.05) is 22.9 Å². The van der Waals surface area contributed by atoms with Crippen LogP contribution in [-0.4, -0.2) is 29.3 Å². The number of hydrogen-bond donors (Lipinski definition) is 2. The quantitative estimate of drug-likeness (QED) is 0.799. The van der Waals surface area contributed by atoms with Crippen molar-refractivity contribution in [3.8, 4) is 0 Å². The van der Waals surface area contributed by atoms with Crippen molar-refractivity contribution in [1.29, 1.82) is 0 Å². The van der Waals surface area contributed by atoms with Crippen LogP contribution in [0.25, 0.3) is 0 Å². The van der Waals surface area contributed by atoms with Crippen LogP contribution in [0.3, 0.4) is 0 Å². The largest absolute Gasteiger partial charge is 0.398 e. The Bertz CT molecular complexity index is 492. The van der Waals surface area contributed by atoms with Gasteiger partial charge in [0.05, 0.1) is 6.54 Å². The summed E-state index contributed by atoms with van der Waals surface area (Å²) in [6, 6.07) is 2.28. The van der Waals surface area contributed by atoms with E-state index in [0.717, 1.165) is 6.07 Å². The highest BCUT2D eigenvalue weighted by Crippen LogP contribution is 2.19. The van der Waals surface area contributed by atoms with Crippen LogP contribution in [0.2, 0.25) is 0 Å². The Labute approximate surface area is 111 Å². The van der Waals surface area contributed by atoms with Gasteiger partial charge in [-0.2, -0.15) is 0 Å². The minimum atomic E-state index is -0.623. The summed E-state index contributed by atoms with van der Waals surface area (Å²) in [7, 11) is 0. The molecule has 0 aliphatic heterocycles. The van der Waals surface area contributed by atoms with Gasteiger partial charge in [0.25, 0.3) is 5.91 Å². The molecule has 0 saturated heterocycles. The second-order valence-corrected chi connectivity index (χ2v) is 4.67. The molecule has 0 saturated carbocycles. The second kappa shape index (κ2) is 5.69. The summed E-state index contributed by atoms with van der Waals surface area (Å²) in [4.78, 5) is 24.5. The van der Waals surface area contributed by atoms with E-state index in [9.17, 15) is 14.0 Å². The standard InChI is InChI=1S/C13H18FN3O2/c1-7(2)17(6-12(16)18)13(19)9-4-10(14)8(3)11(15)5-9/h4-5,7H,6,15H2,1-3H3,(H2,16,18). The van der Waals surface area contributed by atoms with Crippen molar-refractivity contribution in [1.82, 2.24) is 4.90 Å². The SMILES string of the molecule is Cc1c(N)cc(C(=O)N(CC(N)=O)C(C)C)cc1F. The van der Waals surface area contributed by atoms with E-state index >= 15 is 0 Å². The van der Waals surface area contributed by atoms with Crippen molar-refractivity contribution >= 4 is 17.5 Å². The molecule has 1 aromatic rings. The molecule has 104 valence electrons. The van der Waals surface area contributed by atoms with E-state index in [4.69, 9.17) is 11.5 Å². The Morgan fingerprint density at radius 2 is 1.95 bits per heavy atom. The molecule has 0 unspecified atom stereocenters. The van der Waals surface area contributed by atoms with Gasteiger partial charge in [-0.3, -0.25) is 9.59 Å². The van der Waals surface area contributed by atoms with Crippen LogP contribution in [-0.2, 0) is 4.79 Å². The van der Waals surface area contributed by atoms with Crippen molar-refractivity contribution in [2.24, 2.45) is 5.73 Å². The lowest BCUT2D eigenvalue weighted by Crippen LogP contribution is -2.42. The first kappa shape index (κ1) is 14.9.